The van der Waals surface area contributed by atoms with Gasteiger partial charge in [0.1, 0.15) is 17.9 Å². The van der Waals surface area contributed by atoms with Gasteiger partial charge in [-0.05, 0) is 24.6 Å². The van der Waals surface area contributed by atoms with Crippen LogP contribution in [0.4, 0.5) is 0 Å². The Hall–Kier alpha value is -2.77. The Morgan fingerprint density at radius 1 is 1.35 bits per heavy atom. The standard InChI is InChI=1S/C18H16ClNO6/c1-2-24-18(23)14-13(9-3-5-10(19)6-4-9)16-15(26-17(14)20)12(22)7-11(8-21)25-16/h3-7,13,21H,2,8,20H2,1H3. The second kappa shape index (κ2) is 7.23. The number of ether oxygens (including phenoxy) is 2. The predicted octanol–water partition coefficient (Wildman–Crippen LogP) is 2.04. The van der Waals surface area contributed by atoms with E-state index < -0.39 is 23.9 Å². The molecule has 1 unspecified atom stereocenters. The number of rotatable bonds is 4. The summed E-state index contributed by atoms with van der Waals surface area (Å²) in [4.78, 5) is 24.8. The quantitative estimate of drug-likeness (QED) is 0.784. The van der Waals surface area contributed by atoms with Crippen LogP contribution < -0.4 is 15.9 Å². The second-order valence-corrected chi connectivity index (χ2v) is 5.95. The van der Waals surface area contributed by atoms with Crippen molar-refractivity contribution in [2.75, 3.05) is 6.61 Å². The van der Waals surface area contributed by atoms with E-state index in [1.165, 1.54) is 0 Å². The lowest BCUT2D eigenvalue weighted by molar-refractivity contribution is -0.139. The molecule has 0 saturated heterocycles. The molecule has 0 radical (unpaired) electrons. The van der Waals surface area contributed by atoms with Gasteiger partial charge in [0.15, 0.2) is 5.76 Å². The zero-order valence-electron chi connectivity index (χ0n) is 13.8. The van der Waals surface area contributed by atoms with Crippen molar-refractivity contribution < 1.29 is 23.8 Å². The Morgan fingerprint density at radius 2 is 2.04 bits per heavy atom. The third-order valence-electron chi connectivity index (χ3n) is 3.86. The van der Waals surface area contributed by atoms with Gasteiger partial charge in [-0.3, -0.25) is 4.79 Å². The number of carbonyl (C=O) groups is 1. The van der Waals surface area contributed by atoms with Gasteiger partial charge in [-0.1, -0.05) is 23.7 Å². The summed E-state index contributed by atoms with van der Waals surface area (Å²) >= 11 is 5.94. The van der Waals surface area contributed by atoms with Gasteiger partial charge in [-0.2, -0.15) is 0 Å². The van der Waals surface area contributed by atoms with Crippen LogP contribution in [0.3, 0.4) is 0 Å². The molecule has 0 fully saturated rings. The summed E-state index contributed by atoms with van der Waals surface area (Å²) < 4.78 is 16.1. The number of aliphatic hydroxyl groups excluding tert-OH is 1. The van der Waals surface area contributed by atoms with Gasteiger partial charge in [0.2, 0.25) is 17.1 Å². The first kappa shape index (κ1) is 18.0. The molecule has 3 rings (SSSR count). The normalized spacial score (nSPS) is 16.0. The number of hydrogen-bond acceptors (Lipinski definition) is 7. The summed E-state index contributed by atoms with van der Waals surface area (Å²) in [6.45, 7) is 1.31. The van der Waals surface area contributed by atoms with Gasteiger partial charge in [-0.15, -0.1) is 0 Å². The number of esters is 1. The average molecular weight is 378 g/mol. The summed E-state index contributed by atoms with van der Waals surface area (Å²) in [7, 11) is 0. The molecule has 1 aliphatic heterocycles. The van der Waals surface area contributed by atoms with E-state index in [1.807, 2.05) is 0 Å². The number of nitrogens with two attached hydrogens (primary N) is 1. The van der Waals surface area contributed by atoms with E-state index in [-0.39, 0.29) is 35.3 Å². The zero-order chi connectivity index (χ0) is 18.8. The molecule has 2 aromatic rings. The highest BCUT2D eigenvalue weighted by Gasteiger charge is 2.39. The number of hydrogen-bond donors (Lipinski definition) is 2. The van der Waals surface area contributed by atoms with Gasteiger partial charge < -0.3 is 24.7 Å². The van der Waals surface area contributed by atoms with Crippen molar-refractivity contribution in [3.63, 3.8) is 0 Å². The Bertz CT molecular complexity index is 932. The first-order valence-electron chi connectivity index (χ1n) is 7.84. The Labute approximate surface area is 153 Å². The largest absolute Gasteiger partial charge is 0.462 e. The van der Waals surface area contributed by atoms with Gasteiger partial charge in [0.25, 0.3) is 0 Å². The number of carbonyl (C=O) groups excluding carboxylic acids is 1. The highest BCUT2D eigenvalue weighted by Crippen LogP contribution is 2.41. The zero-order valence-corrected chi connectivity index (χ0v) is 14.6. The van der Waals surface area contributed by atoms with Crippen LogP contribution in [0.1, 0.15) is 29.9 Å². The lowest BCUT2D eigenvalue weighted by Gasteiger charge is -2.26. The molecule has 2 heterocycles. The molecule has 0 aliphatic carbocycles. The van der Waals surface area contributed by atoms with E-state index in [4.69, 9.17) is 31.2 Å². The summed E-state index contributed by atoms with van der Waals surface area (Å²) in [5.74, 6) is -1.78. The van der Waals surface area contributed by atoms with Crippen LogP contribution in [0, 0.1) is 0 Å². The maximum atomic E-state index is 12.5. The van der Waals surface area contributed by atoms with Crippen LogP contribution in [-0.2, 0) is 16.1 Å². The molecule has 1 aliphatic rings. The SMILES string of the molecule is CCOC(=O)C1=C(N)Oc2c(oc(CO)cc2=O)C1c1ccc(Cl)cc1. The molecule has 136 valence electrons. The van der Waals surface area contributed by atoms with Crippen molar-refractivity contribution in [1.29, 1.82) is 0 Å². The van der Waals surface area contributed by atoms with Crippen LogP contribution in [0.25, 0.3) is 0 Å². The maximum Gasteiger partial charge on any atom is 0.340 e. The monoisotopic (exact) mass is 377 g/mol. The van der Waals surface area contributed by atoms with E-state index in [0.717, 1.165) is 6.07 Å². The van der Waals surface area contributed by atoms with E-state index in [9.17, 15) is 14.7 Å². The first-order chi connectivity index (χ1) is 12.5. The van der Waals surface area contributed by atoms with Crippen LogP contribution in [-0.4, -0.2) is 17.7 Å². The number of aliphatic hydroxyl groups is 1. The van der Waals surface area contributed by atoms with Crippen molar-refractivity contribution in [1.82, 2.24) is 0 Å². The fourth-order valence-corrected chi connectivity index (χ4v) is 2.88. The third-order valence-corrected chi connectivity index (χ3v) is 4.12. The minimum absolute atomic E-state index is 0.0138. The Balaban J connectivity index is 2.26. The molecule has 1 aromatic heterocycles. The molecule has 8 heteroatoms. The van der Waals surface area contributed by atoms with Crippen molar-refractivity contribution in [3.05, 3.63) is 74.1 Å². The van der Waals surface area contributed by atoms with Crippen LogP contribution in [0.15, 0.2) is 51.0 Å². The fourth-order valence-electron chi connectivity index (χ4n) is 2.76. The average Bonchev–Trinajstić information content (AvgIpc) is 2.62. The third kappa shape index (κ3) is 3.18. The van der Waals surface area contributed by atoms with E-state index >= 15 is 0 Å². The molecule has 1 atom stereocenters. The summed E-state index contributed by atoms with van der Waals surface area (Å²) in [6, 6.07) is 7.75. The van der Waals surface area contributed by atoms with Crippen molar-refractivity contribution in [2.45, 2.75) is 19.4 Å². The molecule has 26 heavy (non-hydrogen) atoms. The highest BCUT2D eigenvalue weighted by atomic mass is 35.5. The van der Waals surface area contributed by atoms with E-state index in [2.05, 4.69) is 0 Å². The lowest BCUT2D eigenvalue weighted by atomic mass is 9.86. The van der Waals surface area contributed by atoms with Gasteiger partial charge in [0.05, 0.1) is 12.5 Å². The van der Waals surface area contributed by atoms with Crippen molar-refractivity contribution in [2.24, 2.45) is 5.73 Å². The number of fused-ring (bicyclic) bond motifs is 1. The Morgan fingerprint density at radius 3 is 2.65 bits per heavy atom. The number of benzene rings is 1. The smallest absolute Gasteiger partial charge is 0.340 e. The summed E-state index contributed by atoms with van der Waals surface area (Å²) in [5, 5.41) is 9.85. The molecular weight excluding hydrogens is 362 g/mol. The van der Waals surface area contributed by atoms with Crippen LogP contribution >= 0.6 is 11.6 Å². The minimum atomic E-state index is -0.839. The fraction of sp³-hybridized carbons (Fsp3) is 0.222. The molecule has 1 aromatic carbocycles. The van der Waals surface area contributed by atoms with Gasteiger partial charge in [-0.25, -0.2) is 4.79 Å². The molecule has 0 bridgehead atoms. The summed E-state index contributed by atoms with van der Waals surface area (Å²) in [5.41, 5.74) is 6.02. The van der Waals surface area contributed by atoms with E-state index in [1.54, 1.807) is 31.2 Å². The molecule has 0 saturated carbocycles. The van der Waals surface area contributed by atoms with E-state index in [0.29, 0.717) is 10.6 Å². The van der Waals surface area contributed by atoms with Crippen LogP contribution in [0.5, 0.6) is 5.75 Å². The van der Waals surface area contributed by atoms with Crippen LogP contribution in [0.2, 0.25) is 5.02 Å². The highest BCUT2D eigenvalue weighted by molar-refractivity contribution is 6.30. The lowest BCUT2D eigenvalue weighted by Crippen LogP contribution is -2.30. The molecule has 0 amide bonds. The Kier molecular flexibility index (Phi) is 5.01. The van der Waals surface area contributed by atoms with Crippen molar-refractivity contribution in [3.8, 4) is 5.75 Å². The molecule has 7 nitrogen and oxygen atoms in total. The number of halogens is 1. The summed E-state index contributed by atoms with van der Waals surface area (Å²) in [6.07, 6.45) is 0. The maximum absolute atomic E-state index is 12.5. The van der Waals surface area contributed by atoms with Crippen molar-refractivity contribution >= 4 is 17.6 Å². The molecular formula is C18H16ClNO6. The first-order valence-corrected chi connectivity index (χ1v) is 8.21. The van der Waals surface area contributed by atoms with Gasteiger partial charge >= 0.3 is 5.97 Å². The topological polar surface area (TPSA) is 112 Å². The second-order valence-electron chi connectivity index (χ2n) is 5.51. The minimum Gasteiger partial charge on any atom is -0.462 e. The predicted molar refractivity (Wildman–Crippen MR) is 92.7 cm³/mol. The molecule has 0 spiro atoms. The van der Waals surface area contributed by atoms with Gasteiger partial charge in [0, 0.05) is 11.1 Å². The molecule has 3 N–H and O–H groups in total.